The van der Waals surface area contributed by atoms with E-state index in [1.54, 1.807) is 6.26 Å². The largest absolute Gasteiger partial charge is 0.464 e. The zero-order valence-corrected chi connectivity index (χ0v) is 8.57. The summed E-state index contributed by atoms with van der Waals surface area (Å²) < 4.78 is 5.30. The summed E-state index contributed by atoms with van der Waals surface area (Å²) in [5.74, 6) is 0.884. The number of carbonyl (C=O) groups excluding carboxylic acids is 1. The lowest BCUT2D eigenvalue weighted by atomic mass is 10.0. The highest BCUT2D eigenvalue weighted by Crippen LogP contribution is 2.24. The van der Waals surface area contributed by atoms with Crippen LogP contribution in [0.4, 0.5) is 0 Å². The van der Waals surface area contributed by atoms with Crippen molar-refractivity contribution in [3.63, 3.8) is 0 Å². The number of ketones is 1. The third-order valence-corrected chi connectivity index (χ3v) is 2.34. The van der Waals surface area contributed by atoms with Crippen LogP contribution in [-0.2, 0) is 0 Å². The summed E-state index contributed by atoms with van der Waals surface area (Å²) in [5.41, 5.74) is 1.60. The molecule has 0 N–H and O–H groups in total. The molecule has 0 fully saturated rings. The van der Waals surface area contributed by atoms with Gasteiger partial charge in [-0.2, -0.15) is 0 Å². The first-order valence-electron chi connectivity index (χ1n) is 4.99. The van der Waals surface area contributed by atoms with Crippen LogP contribution in [0.1, 0.15) is 23.7 Å². The second-order valence-electron chi connectivity index (χ2n) is 3.30. The molecule has 0 aliphatic carbocycles. The van der Waals surface area contributed by atoms with E-state index in [0.717, 1.165) is 16.9 Å². The molecule has 2 heteroatoms. The van der Waals surface area contributed by atoms with Gasteiger partial charge >= 0.3 is 0 Å². The van der Waals surface area contributed by atoms with Gasteiger partial charge in [0.1, 0.15) is 5.76 Å². The molecule has 0 aliphatic heterocycles. The summed E-state index contributed by atoms with van der Waals surface area (Å²) in [6, 6.07) is 11.2. The predicted molar refractivity (Wildman–Crippen MR) is 58.8 cm³/mol. The summed E-state index contributed by atoms with van der Waals surface area (Å²) in [4.78, 5) is 11.7. The van der Waals surface area contributed by atoms with Crippen LogP contribution in [0.15, 0.2) is 47.1 Å². The SMILES string of the molecule is CCC(=O)c1ccccc1-c1ccco1. The summed E-state index contributed by atoms with van der Waals surface area (Å²) in [6.45, 7) is 1.86. The minimum atomic E-state index is 0.141. The van der Waals surface area contributed by atoms with Crippen molar-refractivity contribution in [3.8, 4) is 11.3 Å². The smallest absolute Gasteiger partial charge is 0.163 e. The van der Waals surface area contributed by atoms with E-state index < -0.39 is 0 Å². The van der Waals surface area contributed by atoms with Gasteiger partial charge in [0.2, 0.25) is 0 Å². The predicted octanol–water partition coefficient (Wildman–Crippen LogP) is 3.54. The van der Waals surface area contributed by atoms with Crippen LogP contribution in [0.2, 0.25) is 0 Å². The molecule has 2 nitrogen and oxygen atoms in total. The van der Waals surface area contributed by atoms with E-state index in [-0.39, 0.29) is 5.78 Å². The fourth-order valence-corrected chi connectivity index (χ4v) is 1.56. The van der Waals surface area contributed by atoms with Crippen LogP contribution >= 0.6 is 0 Å². The number of furan rings is 1. The van der Waals surface area contributed by atoms with Crippen molar-refractivity contribution in [3.05, 3.63) is 48.2 Å². The second kappa shape index (κ2) is 4.13. The zero-order valence-electron chi connectivity index (χ0n) is 8.57. The maximum Gasteiger partial charge on any atom is 0.163 e. The van der Waals surface area contributed by atoms with E-state index in [1.807, 2.05) is 43.3 Å². The summed E-state index contributed by atoms with van der Waals surface area (Å²) in [5, 5.41) is 0. The lowest BCUT2D eigenvalue weighted by Crippen LogP contribution is -1.98. The number of carbonyl (C=O) groups is 1. The molecule has 2 rings (SSSR count). The first-order valence-corrected chi connectivity index (χ1v) is 4.99. The highest BCUT2D eigenvalue weighted by molar-refractivity contribution is 6.01. The zero-order chi connectivity index (χ0) is 10.7. The third-order valence-electron chi connectivity index (χ3n) is 2.34. The van der Waals surface area contributed by atoms with Crippen molar-refractivity contribution in [2.24, 2.45) is 0 Å². The molecule has 2 aromatic rings. The Bertz CT molecular complexity index is 455. The van der Waals surface area contributed by atoms with Gasteiger partial charge in [-0.3, -0.25) is 4.79 Å². The summed E-state index contributed by atoms with van der Waals surface area (Å²) >= 11 is 0. The lowest BCUT2D eigenvalue weighted by molar-refractivity contribution is 0.0988. The van der Waals surface area contributed by atoms with Crippen molar-refractivity contribution in [1.82, 2.24) is 0 Å². The Kier molecular flexibility index (Phi) is 2.68. The Labute approximate surface area is 88.5 Å². The molecule has 1 aromatic carbocycles. The van der Waals surface area contributed by atoms with Gasteiger partial charge in [-0.15, -0.1) is 0 Å². The van der Waals surface area contributed by atoms with Gasteiger partial charge in [-0.1, -0.05) is 31.2 Å². The van der Waals surface area contributed by atoms with E-state index in [0.29, 0.717) is 6.42 Å². The van der Waals surface area contributed by atoms with Crippen molar-refractivity contribution < 1.29 is 9.21 Å². The first kappa shape index (κ1) is 9.71. The molecule has 15 heavy (non-hydrogen) atoms. The Balaban J connectivity index is 2.52. The van der Waals surface area contributed by atoms with Crippen LogP contribution in [0.5, 0.6) is 0 Å². The molecule has 0 aliphatic rings. The number of rotatable bonds is 3. The van der Waals surface area contributed by atoms with Gasteiger partial charge in [0.15, 0.2) is 5.78 Å². The Morgan fingerprint density at radius 2 is 2.00 bits per heavy atom. The molecule has 0 amide bonds. The van der Waals surface area contributed by atoms with E-state index in [9.17, 15) is 4.79 Å². The standard InChI is InChI=1S/C13H12O2/c1-2-12(14)10-6-3-4-7-11(10)13-8-5-9-15-13/h3-9H,2H2,1H3. The molecular formula is C13H12O2. The van der Waals surface area contributed by atoms with E-state index in [2.05, 4.69) is 0 Å². The monoisotopic (exact) mass is 200 g/mol. The van der Waals surface area contributed by atoms with Gasteiger partial charge < -0.3 is 4.42 Å². The van der Waals surface area contributed by atoms with Crippen LogP contribution < -0.4 is 0 Å². The van der Waals surface area contributed by atoms with Crippen molar-refractivity contribution in [2.75, 3.05) is 0 Å². The molecule has 76 valence electrons. The van der Waals surface area contributed by atoms with Gasteiger partial charge in [-0.25, -0.2) is 0 Å². The maximum atomic E-state index is 11.7. The first-order chi connectivity index (χ1) is 7.33. The van der Waals surface area contributed by atoms with Gasteiger partial charge in [-0.05, 0) is 12.1 Å². The quantitative estimate of drug-likeness (QED) is 0.709. The highest BCUT2D eigenvalue weighted by Gasteiger charge is 2.11. The van der Waals surface area contributed by atoms with Crippen LogP contribution in [0.25, 0.3) is 11.3 Å². The molecule has 0 spiro atoms. The van der Waals surface area contributed by atoms with Crippen molar-refractivity contribution in [2.45, 2.75) is 13.3 Å². The molecule has 1 aromatic heterocycles. The highest BCUT2D eigenvalue weighted by atomic mass is 16.3. The molecule has 0 saturated heterocycles. The number of hydrogen-bond acceptors (Lipinski definition) is 2. The Hall–Kier alpha value is -1.83. The topological polar surface area (TPSA) is 30.2 Å². The van der Waals surface area contributed by atoms with E-state index in [4.69, 9.17) is 4.42 Å². The minimum Gasteiger partial charge on any atom is -0.464 e. The van der Waals surface area contributed by atoms with Crippen LogP contribution in [0.3, 0.4) is 0 Å². The number of Topliss-reactive ketones (excluding diaryl/α,β-unsaturated/α-hetero) is 1. The molecule has 1 heterocycles. The Morgan fingerprint density at radius 3 is 2.67 bits per heavy atom. The molecule has 0 atom stereocenters. The third kappa shape index (κ3) is 1.84. The van der Waals surface area contributed by atoms with Crippen LogP contribution in [0, 0.1) is 0 Å². The van der Waals surface area contributed by atoms with Crippen molar-refractivity contribution >= 4 is 5.78 Å². The average Bonchev–Trinajstić information content (AvgIpc) is 2.81. The summed E-state index contributed by atoms with van der Waals surface area (Å²) in [7, 11) is 0. The van der Waals surface area contributed by atoms with E-state index >= 15 is 0 Å². The number of benzene rings is 1. The molecule has 0 radical (unpaired) electrons. The average molecular weight is 200 g/mol. The minimum absolute atomic E-state index is 0.141. The molecule has 0 bridgehead atoms. The summed E-state index contributed by atoms with van der Waals surface area (Å²) in [6.07, 6.45) is 2.13. The normalized spacial score (nSPS) is 10.2. The maximum absolute atomic E-state index is 11.7. The Morgan fingerprint density at radius 1 is 1.20 bits per heavy atom. The van der Waals surface area contributed by atoms with Gasteiger partial charge in [0, 0.05) is 17.5 Å². The molecule has 0 unspecified atom stereocenters. The van der Waals surface area contributed by atoms with E-state index in [1.165, 1.54) is 0 Å². The second-order valence-corrected chi connectivity index (χ2v) is 3.30. The number of hydrogen-bond donors (Lipinski definition) is 0. The van der Waals surface area contributed by atoms with Gasteiger partial charge in [0.05, 0.1) is 6.26 Å². The van der Waals surface area contributed by atoms with Crippen molar-refractivity contribution in [1.29, 1.82) is 0 Å². The fraction of sp³-hybridized carbons (Fsp3) is 0.154. The fourth-order valence-electron chi connectivity index (χ4n) is 1.56. The molecular weight excluding hydrogens is 188 g/mol. The van der Waals surface area contributed by atoms with Gasteiger partial charge in [0.25, 0.3) is 0 Å². The lowest BCUT2D eigenvalue weighted by Gasteiger charge is -2.04. The molecule has 0 saturated carbocycles. The van der Waals surface area contributed by atoms with Crippen LogP contribution in [-0.4, -0.2) is 5.78 Å².